The fraction of sp³-hybridized carbons (Fsp3) is 0.111. The van der Waals surface area contributed by atoms with E-state index in [1.165, 1.54) is 6.39 Å². The molecule has 0 saturated heterocycles. The maximum absolute atomic E-state index is 5.74. The maximum Gasteiger partial charge on any atom is 0.247 e. The van der Waals surface area contributed by atoms with E-state index in [2.05, 4.69) is 10.2 Å². The van der Waals surface area contributed by atoms with E-state index in [1.807, 2.05) is 25.1 Å². The molecule has 13 heavy (non-hydrogen) atoms. The first kappa shape index (κ1) is 7.79. The van der Waals surface area contributed by atoms with E-state index < -0.39 is 0 Å². The zero-order valence-electron chi connectivity index (χ0n) is 7.19. The van der Waals surface area contributed by atoms with Gasteiger partial charge in [0, 0.05) is 11.3 Å². The summed E-state index contributed by atoms with van der Waals surface area (Å²) in [5.74, 6) is 0.492. The van der Waals surface area contributed by atoms with Crippen LogP contribution in [-0.2, 0) is 0 Å². The fourth-order valence-electron chi connectivity index (χ4n) is 1.07. The Labute approximate surface area is 75.4 Å². The van der Waals surface area contributed by atoms with Gasteiger partial charge in [0.15, 0.2) is 0 Å². The van der Waals surface area contributed by atoms with Crippen LogP contribution >= 0.6 is 0 Å². The molecule has 4 heteroatoms. The SMILES string of the molecule is Cc1ccc(-c2nnco2)cc1N. The quantitative estimate of drug-likeness (QED) is 0.669. The molecule has 0 aliphatic heterocycles. The van der Waals surface area contributed by atoms with Gasteiger partial charge in [-0.2, -0.15) is 0 Å². The van der Waals surface area contributed by atoms with Crippen LogP contribution in [0.5, 0.6) is 0 Å². The second kappa shape index (κ2) is 2.90. The van der Waals surface area contributed by atoms with Crippen molar-refractivity contribution in [3.05, 3.63) is 30.2 Å². The van der Waals surface area contributed by atoms with E-state index in [-0.39, 0.29) is 0 Å². The molecule has 0 amide bonds. The monoisotopic (exact) mass is 175 g/mol. The summed E-state index contributed by atoms with van der Waals surface area (Å²) in [4.78, 5) is 0. The molecule has 0 spiro atoms. The Morgan fingerprint density at radius 1 is 1.38 bits per heavy atom. The molecule has 0 bridgehead atoms. The Morgan fingerprint density at radius 3 is 2.85 bits per heavy atom. The van der Waals surface area contributed by atoms with Gasteiger partial charge in [0.1, 0.15) is 0 Å². The van der Waals surface area contributed by atoms with Crippen LogP contribution in [-0.4, -0.2) is 10.2 Å². The number of hydrogen-bond acceptors (Lipinski definition) is 4. The molecule has 0 unspecified atom stereocenters. The summed E-state index contributed by atoms with van der Waals surface area (Å²) in [5.41, 5.74) is 8.36. The van der Waals surface area contributed by atoms with Crippen LogP contribution in [0.4, 0.5) is 5.69 Å². The highest BCUT2D eigenvalue weighted by molar-refractivity contribution is 5.62. The molecule has 2 aromatic rings. The van der Waals surface area contributed by atoms with Crippen LogP contribution in [0, 0.1) is 6.92 Å². The van der Waals surface area contributed by atoms with Gasteiger partial charge in [0.05, 0.1) is 0 Å². The summed E-state index contributed by atoms with van der Waals surface area (Å²) in [6.45, 7) is 1.95. The first-order chi connectivity index (χ1) is 6.27. The van der Waals surface area contributed by atoms with Crippen molar-refractivity contribution >= 4 is 5.69 Å². The Kier molecular flexibility index (Phi) is 1.73. The molecule has 66 valence electrons. The zero-order chi connectivity index (χ0) is 9.26. The van der Waals surface area contributed by atoms with Gasteiger partial charge in [-0.3, -0.25) is 0 Å². The number of aromatic nitrogens is 2. The van der Waals surface area contributed by atoms with Crippen molar-refractivity contribution in [1.29, 1.82) is 0 Å². The number of benzene rings is 1. The molecule has 1 heterocycles. The van der Waals surface area contributed by atoms with Gasteiger partial charge in [-0.25, -0.2) is 0 Å². The van der Waals surface area contributed by atoms with Gasteiger partial charge in [0.25, 0.3) is 0 Å². The van der Waals surface area contributed by atoms with Crippen LogP contribution in [0.1, 0.15) is 5.56 Å². The first-order valence-corrected chi connectivity index (χ1v) is 3.90. The number of rotatable bonds is 1. The molecule has 1 aromatic carbocycles. The number of nitrogens with two attached hydrogens (primary N) is 1. The van der Waals surface area contributed by atoms with Crippen molar-refractivity contribution in [2.75, 3.05) is 5.73 Å². The van der Waals surface area contributed by atoms with E-state index in [0.717, 1.165) is 16.8 Å². The van der Waals surface area contributed by atoms with Crippen molar-refractivity contribution in [3.8, 4) is 11.5 Å². The van der Waals surface area contributed by atoms with Gasteiger partial charge in [-0.1, -0.05) is 6.07 Å². The molecule has 0 fully saturated rings. The topological polar surface area (TPSA) is 64.9 Å². The lowest BCUT2D eigenvalue weighted by molar-refractivity contribution is 0.568. The van der Waals surface area contributed by atoms with Crippen LogP contribution < -0.4 is 5.73 Å². The lowest BCUT2D eigenvalue weighted by Crippen LogP contribution is -1.89. The fourth-order valence-corrected chi connectivity index (χ4v) is 1.07. The average molecular weight is 175 g/mol. The standard InChI is InChI=1S/C9H9N3O/c1-6-2-3-7(4-8(6)10)9-12-11-5-13-9/h2-5H,10H2,1H3. The van der Waals surface area contributed by atoms with Crippen LogP contribution in [0.15, 0.2) is 29.0 Å². The molecular formula is C9H9N3O. The lowest BCUT2D eigenvalue weighted by atomic mass is 10.1. The largest absolute Gasteiger partial charge is 0.423 e. The summed E-state index contributed by atoms with van der Waals surface area (Å²) >= 11 is 0. The second-order valence-electron chi connectivity index (χ2n) is 2.82. The number of nitrogen functional groups attached to an aromatic ring is 1. The maximum atomic E-state index is 5.74. The highest BCUT2D eigenvalue weighted by Crippen LogP contribution is 2.21. The minimum absolute atomic E-state index is 0.492. The van der Waals surface area contributed by atoms with Gasteiger partial charge >= 0.3 is 0 Å². The number of aryl methyl sites for hydroxylation is 1. The summed E-state index contributed by atoms with van der Waals surface area (Å²) in [6, 6.07) is 5.65. The second-order valence-corrected chi connectivity index (χ2v) is 2.82. The molecule has 2 rings (SSSR count). The van der Waals surface area contributed by atoms with Crippen LogP contribution in [0.2, 0.25) is 0 Å². The predicted molar refractivity (Wildman–Crippen MR) is 48.9 cm³/mol. The van der Waals surface area contributed by atoms with E-state index in [9.17, 15) is 0 Å². The number of anilines is 1. The summed E-state index contributed by atoms with van der Waals surface area (Å²) in [7, 11) is 0. The summed E-state index contributed by atoms with van der Waals surface area (Å²) in [5, 5.41) is 7.38. The Balaban J connectivity index is 2.49. The van der Waals surface area contributed by atoms with Gasteiger partial charge in [0.2, 0.25) is 12.3 Å². The molecule has 0 aliphatic rings. The molecule has 4 nitrogen and oxygen atoms in total. The van der Waals surface area contributed by atoms with Crippen molar-refractivity contribution in [2.45, 2.75) is 6.92 Å². The number of nitrogens with zero attached hydrogens (tertiary/aromatic N) is 2. The Hall–Kier alpha value is -1.84. The van der Waals surface area contributed by atoms with Crippen molar-refractivity contribution < 1.29 is 4.42 Å². The summed E-state index contributed by atoms with van der Waals surface area (Å²) < 4.78 is 5.04. The average Bonchev–Trinajstić information content (AvgIpc) is 2.62. The molecule has 0 saturated carbocycles. The normalized spacial score (nSPS) is 10.2. The molecule has 2 N–H and O–H groups in total. The molecule has 0 aliphatic carbocycles. The van der Waals surface area contributed by atoms with E-state index in [1.54, 1.807) is 0 Å². The minimum atomic E-state index is 0.492. The minimum Gasteiger partial charge on any atom is -0.423 e. The molecular weight excluding hydrogens is 166 g/mol. The molecule has 0 atom stereocenters. The molecule has 1 aromatic heterocycles. The van der Waals surface area contributed by atoms with Gasteiger partial charge < -0.3 is 10.2 Å². The summed E-state index contributed by atoms with van der Waals surface area (Å²) in [6.07, 6.45) is 1.30. The third-order valence-electron chi connectivity index (χ3n) is 1.89. The van der Waals surface area contributed by atoms with Crippen molar-refractivity contribution in [1.82, 2.24) is 10.2 Å². The number of hydrogen-bond donors (Lipinski definition) is 1. The van der Waals surface area contributed by atoms with E-state index in [4.69, 9.17) is 10.2 Å². The third-order valence-corrected chi connectivity index (χ3v) is 1.89. The Bertz CT molecular complexity index is 409. The van der Waals surface area contributed by atoms with Gasteiger partial charge in [-0.15, -0.1) is 10.2 Å². The van der Waals surface area contributed by atoms with E-state index in [0.29, 0.717) is 5.89 Å². The van der Waals surface area contributed by atoms with E-state index >= 15 is 0 Å². The van der Waals surface area contributed by atoms with Crippen molar-refractivity contribution in [2.24, 2.45) is 0 Å². The Morgan fingerprint density at radius 2 is 2.23 bits per heavy atom. The third kappa shape index (κ3) is 1.38. The van der Waals surface area contributed by atoms with Crippen LogP contribution in [0.3, 0.4) is 0 Å². The first-order valence-electron chi connectivity index (χ1n) is 3.90. The lowest BCUT2D eigenvalue weighted by Gasteiger charge is -2.00. The van der Waals surface area contributed by atoms with Gasteiger partial charge in [-0.05, 0) is 24.6 Å². The zero-order valence-corrected chi connectivity index (χ0v) is 7.19. The highest BCUT2D eigenvalue weighted by Gasteiger charge is 2.03. The smallest absolute Gasteiger partial charge is 0.247 e. The van der Waals surface area contributed by atoms with Crippen molar-refractivity contribution in [3.63, 3.8) is 0 Å². The van der Waals surface area contributed by atoms with Crippen LogP contribution in [0.25, 0.3) is 11.5 Å². The highest BCUT2D eigenvalue weighted by atomic mass is 16.4. The predicted octanol–water partition coefficient (Wildman–Crippen LogP) is 1.63. The molecule has 0 radical (unpaired) electrons.